The highest BCUT2D eigenvalue weighted by molar-refractivity contribution is 6.00. The van der Waals surface area contributed by atoms with Gasteiger partial charge in [-0.2, -0.15) is 0 Å². The molecule has 2 aliphatic heterocycles. The number of non-ortho nitro benzene ring substituents is 1. The maximum atomic E-state index is 13.1. The highest BCUT2D eigenvalue weighted by atomic mass is 16.6. The lowest BCUT2D eigenvalue weighted by molar-refractivity contribution is -0.384. The number of anilines is 1. The summed E-state index contributed by atoms with van der Waals surface area (Å²) in [7, 11) is 0. The van der Waals surface area contributed by atoms with E-state index in [1.165, 1.54) is 18.6 Å². The van der Waals surface area contributed by atoms with E-state index >= 15 is 0 Å². The SMILES string of the molecule is CC1CCCCN1C(=O)c1cc([N+](=O)[O-])ccc1N1CCCCC1. The second-order valence-electron chi connectivity index (χ2n) is 6.85. The number of benzene rings is 1. The van der Waals surface area contributed by atoms with Gasteiger partial charge >= 0.3 is 0 Å². The fourth-order valence-electron chi connectivity index (χ4n) is 3.77. The Balaban J connectivity index is 1.97. The molecule has 0 saturated carbocycles. The predicted molar refractivity (Wildman–Crippen MR) is 93.5 cm³/mol. The maximum Gasteiger partial charge on any atom is 0.270 e. The quantitative estimate of drug-likeness (QED) is 0.627. The van der Waals surface area contributed by atoms with Gasteiger partial charge in [-0.3, -0.25) is 14.9 Å². The van der Waals surface area contributed by atoms with Gasteiger partial charge in [0.1, 0.15) is 0 Å². The van der Waals surface area contributed by atoms with Crippen molar-refractivity contribution in [3.63, 3.8) is 0 Å². The molecule has 0 radical (unpaired) electrons. The third kappa shape index (κ3) is 3.37. The largest absolute Gasteiger partial charge is 0.371 e. The zero-order valence-electron chi connectivity index (χ0n) is 14.2. The van der Waals surface area contributed by atoms with Gasteiger partial charge in [-0.1, -0.05) is 0 Å². The van der Waals surface area contributed by atoms with E-state index in [4.69, 9.17) is 0 Å². The Morgan fingerprint density at radius 2 is 1.83 bits per heavy atom. The number of hydrogen-bond donors (Lipinski definition) is 0. The van der Waals surface area contributed by atoms with Crippen LogP contribution in [-0.2, 0) is 0 Å². The standard InChI is InChI=1S/C18H25N3O3/c1-14-7-3-6-12-20(14)18(22)16-13-15(21(23)24)8-9-17(16)19-10-4-2-5-11-19/h8-9,13-14H,2-7,10-12H2,1H3. The van der Waals surface area contributed by atoms with Crippen molar-refractivity contribution in [2.24, 2.45) is 0 Å². The lowest BCUT2D eigenvalue weighted by atomic mass is 10.0. The molecule has 0 aromatic heterocycles. The Kier molecular flexibility index (Phi) is 5.02. The number of carbonyl (C=O) groups excluding carboxylic acids is 1. The van der Waals surface area contributed by atoms with Gasteiger partial charge in [0.05, 0.1) is 16.2 Å². The van der Waals surface area contributed by atoms with Gasteiger partial charge in [0, 0.05) is 37.8 Å². The van der Waals surface area contributed by atoms with E-state index < -0.39 is 4.92 Å². The topological polar surface area (TPSA) is 66.7 Å². The van der Waals surface area contributed by atoms with Gasteiger partial charge in [-0.15, -0.1) is 0 Å². The molecule has 3 rings (SSSR count). The Hall–Kier alpha value is -2.11. The lowest BCUT2D eigenvalue weighted by Gasteiger charge is -2.35. The highest BCUT2D eigenvalue weighted by Crippen LogP contribution is 2.30. The van der Waals surface area contributed by atoms with Crippen molar-refractivity contribution < 1.29 is 9.72 Å². The Morgan fingerprint density at radius 1 is 1.12 bits per heavy atom. The minimum Gasteiger partial charge on any atom is -0.371 e. The van der Waals surface area contributed by atoms with Crippen LogP contribution in [0.1, 0.15) is 55.8 Å². The van der Waals surface area contributed by atoms with E-state index in [2.05, 4.69) is 11.8 Å². The van der Waals surface area contributed by atoms with Crippen LogP contribution in [0.3, 0.4) is 0 Å². The number of nitro groups is 1. The van der Waals surface area contributed by atoms with Crippen LogP contribution in [0.4, 0.5) is 11.4 Å². The summed E-state index contributed by atoms with van der Waals surface area (Å²) in [6, 6.07) is 4.93. The Labute approximate surface area is 142 Å². The van der Waals surface area contributed by atoms with Crippen LogP contribution in [-0.4, -0.2) is 41.4 Å². The minimum atomic E-state index is -0.420. The molecule has 6 nitrogen and oxygen atoms in total. The maximum absolute atomic E-state index is 13.1. The lowest BCUT2D eigenvalue weighted by Crippen LogP contribution is -2.43. The molecule has 1 aromatic rings. The zero-order chi connectivity index (χ0) is 17.1. The molecule has 24 heavy (non-hydrogen) atoms. The molecule has 1 aromatic carbocycles. The first kappa shape index (κ1) is 16.7. The summed E-state index contributed by atoms with van der Waals surface area (Å²) in [5.74, 6) is -0.0635. The molecule has 0 aliphatic carbocycles. The fraction of sp³-hybridized carbons (Fsp3) is 0.611. The first-order valence-electron chi connectivity index (χ1n) is 8.92. The van der Waals surface area contributed by atoms with Crippen LogP contribution >= 0.6 is 0 Å². The van der Waals surface area contributed by atoms with E-state index in [0.717, 1.165) is 57.4 Å². The molecule has 0 bridgehead atoms. The molecule has 2 saturated heterocycles. The van der Waals surface area contributed by atoms with Gasteiger partial charge in [0.15, 0.2) is 0 Å². The van der Waals surface area contributed by atoms with Crippen molar-refractivity contribution in [3.05, 3.63) is 33.9 Å². The van der Waals surface area contributed by atoms with Gasteiger partial charge in [0.2, 0.25) is 0 Å². The fourth-order valence-corrected chi connectivity index (χ4v) is 3.77. The predicted octanol–water partition coefficient (Wildman–Crippen LogP) is 3.60. The van der Waals surface area contributed by atoms with Crippen LogP contribution in [0.2, 0.25) is 0 Å². The summed E-state index contributed by atoms with van der Waals surface area (Å²) in [5.41, 5.74) is 1.33. The molecule has 2 heterocycles. The average Bonchev–Trinajstić information content (AvgIpc) is 2.62. The van der Waals surface area contributed by atoms with Gasteiger partial charge in [-0.25, -0.2) is 0 Å². The number of rotatable bonds is 3. The number of likely N-dealkylation sites (tertiary alicyclic amines) is 1. The highest BCUT2D eigenvalue weighted by Gasteiger charge is 2.29. The van der Waals surface area contributed by atoms with E-state index in [-0.39, 0.29) is 17.6 Å². The molecule has 130 valence electrons. The summed E-state index contributed by atoms with van der Waals surface area (Å²) in [6.45, 7) is 4.62. The first-order valence-corrected chi connectivity index (χ1v) is 8.92. The van der Waals surface area contributed by atoms with Crippen molar-refractivity contribution in [2.45, 2.75) is 51.5 Å². The molecule has 1 amide bonds. The Morgan fingerprint density at radius 3 is 2.50 bits per heavy atom. The number of nitro benzene ring substituents is 1. The van der Waals surface area contributed by atoms with Gasteiger partial charge < -0.3 is 9.80 Å². The van der Waals surface area contributed by atoms with Crippen LogP contribution < -0.4 is 4.90 Å². The molecule has 6 heteroatoms. The second-order valence-corrected chi connectivity index (χ2v) is 6.85. The number of nitrogens with zero attached hydrogens (tertiary/aromatic N) is 3. The summed E-state index contributed by atoms with van der Waals surface area (Å²) >= 11 is 0. The first-order chi connectivity index (χ1) is 11.6. The Bertz CT molecular complexity index is 626. The number of piperidine rings is 2. The molecule has 1 atom stereocenters. The third-order valence-electron chi connectivity index (χ3n) is 5.18. The van der Waals surface area contributed by atoms with Crippen LogP contribution in [0.15, 0.2) is 18.2 Å². The van der Waals surface area contributed by atoms with Crippen molar-refractivity contribution in [1.29, 1.82) is 0 Å². The molecular weight excluding hydrogens is 306 g/mol. The minimum absolute atomic E-state index is 0.0104. The summed E-state index contributed by atoms with van der Waals surface area (Å²) in [4.78, 5) is 28.0. The molecule has 0 spiro atoms. The van der Waals surface area contributed by atoms with Crippen molar-refractivity contribution in [1.82, 2.24) is 4.90 Å². The molecule has 2 fully saturated rings. The van der Waals surface area contributed by atoms with E-state index in [9.17, 15) is 14.9 Å². The van der Waals surface area contributed by atoms with Crippen molar-refractivity contribution >= 4 is 17.3 Å². The van der Waals surface area contributed by atoms with Crippen molar-refractivity contribution in [2.75, 3.05) is 24.5 Å². The average molecular weight is 331 g/mol. The normalized spacial score (nSPS) is 21.6. The smallest absolute Gasteiger partial charge is 0.270 e. The van der Waals surface area contributed by atoms with Crippen LogP contribution in [0, 0.1) is 10.1 Å². The van der Waals surface area contributed by atoms with Crippen molar-refractivity contribution in [3.8, 4) is 0 Å². The molecule has 2 aliphatic rings. The van der Waals surface area contributed by atoms with E-state index in [1.807, 2.05) is 4.90 Å². The molecule has 0 N–H and O–H groups in total. The molecule has 1 unspecified atom stereocenters. The number of carbonyl (C=O) groups is 1. The van der Waals surface area contributed by atoms with Crippen LogP contribution in [0.25, 0.3) is 0 Å². The summed E-state index contributed by atoms with van der Waals surface area (Å²) in [5, 5.41) is 11.2. The second kappa shape index (κ2) is 7.20. The third-order valence-corrected chi connectivity index (χ3v) is 5.18. The van der Waals surface area contributed by atoms with E-state index in [0.29, 0.717) is 5.56 Å². The monoisotopic (exact) mass is 331 g/mol. The van der Waals surface area contributed by atoms with Crippen LogP contribution in [0.5, 0.6) is 0 Å². The van der Waals surface area contributed by atoms with Gasteiger partial charge in [0.25, 0.3) is 11.6 Å². The zero-order valence-corrected chi connectivity index (χ0v) is 14.2. The van der Waals surface area contributed by atoms with E-state index in [1.54, 1.807) is 6.07 Å². The summed E-state index contributed by atoms with van der Waals surface area (Å²) < 4.78 is 0. The number of amides is 1. The van der Waals surface area contributed by atoms with Gasteiger partial charge in [-0.05, 0) is 51.5 Å². The molecular formula is C18H25N3O3. The number of hydrogen-bond acceptors (Lipinski definition) is 4. The summed E-state index contributed by atoms with van der Waals surface area (Å²) in [6.07, 6.45) is 6.55.